The normalized spacial score (nSPS) is 10.1. The lowest BCUT2D eigenvalue weighted by Crippen LogP contribution is -2.04. The molecule has 0 aromatic heterocycles. The number of aromatic carboxylic acids is 1. The smallest absolute Gasteiger partial charge is 0.339 e. The summed E-state index contributed by atoms with van der Waals surface area (Å²) in [5.74, 6) is -1.10. The highest BCUT2D eigenvalue weighted by atomic mass is 16.5. The second-order valence-electron chi connectivity index (χ2n) is 4.31. The fraction of sp³-hybridized carbons (Fsp3) is 0.125. The first-order valence-electron chi connectivity index (χ1n) is 6.36. The van der Waals surface area contributed by atoms with Crippen LogP contribution < -0.4 is 4.74 Å². The summed E-state index contributed by atoms with van der Waals surface area (Å²) in [6.07, 6.45) is 0.709. The molecule has 2 aromatic carbocycles. The number of hydrogen-bond acceptors (Lipinski definition) is 4. The summed E-state index contributed by atoms with van der Waals surface area (Å²) < 4.78 is 5.41. The van der Waals surface area contributed by atoms with Crippen LogP contribution in [0.5, 0.6) is 11.5 Å². The van der Waals surface area contributed by atoms with Gasteiger partial charge in [-0.05, 0) is 24.6 Å². The molecular formula is C16H14O5. The number of benzene rings is 2. The van der Waals surface area contributed by atoms with Gasteiger partial charge in [0.05, 0.1) is 12.2 Å². The van der Waals surface area contributed by atoms with Crippen molar-refractivity contribution in [2.75, 3.05) is 6.61 Å². The van der Waals surface area contributed by atoms with E-state index in [0.29, 0.717) is 23.0 Å². The van der Waals surface area contributed by atoms with E-state index in [1.807, 2.05) is 0 Å². The van der Waals surface area contributed by atoms with Crippen molar-refractivity contribution >= 4 is 12.3 Å². The number of carbonyl (C=O) groups is 2. The van der Waals surface area contributed by atoms with Crippen molar-refractivity contribution in [1.82, 2.24) is 0 Å². The number of phenolic OH excluding ortho intramolecular Hbond substituents is 1. The fourth-order valence-electron chi connectivity index (χ4n) is 2.04. The summed E-state index contributed by atoms with van der Waals surface area (Å²) in [5, 5.41) is 19.3. The fourth-order valence-corrected chi connectivity index (χ4v) is 2.04. The van der Waals surface area contributed by atoms with Gasteiger partial charge in [0.1, 0.15) is 23.3 Å². The summed E-state index contributed by atoms with van der Waals surface area (Å²) in [6, 6.07) is 9.05. The number of rotatable bonds is 5. The van der Waals surface area contributed by atoms with Crippen molar-refractivity contribution in [2.45, 2.75) is 6.92 Å². The molecule has 5 nitrogen and oxygen atoms in total. The molecule has 0 aliphatic heterocycles. The lowest BCUT2D eigenvalue weighted by atomic mass is 9.99. The first kappa shape index (κ1) is 14.6. The average Bonchev–Trinajstić information content (AvgIpc) is 2.48. The lowest BCUT2D eigenvalue weighted by molar-refractivity contribution is 0.0692. The van der Waals surface area contributed by atoms with Gasteiger partial charge in [0.15, 0.2) is 0 Å². The zero-order valence-corrected chi connectivity index (χ0v) is 11.4. The topological polar surface area (TPSA) is 83.8 Å². The molecule has 0 radical (unpaired) electrons. The van der Waals surface area contributed by atoms with Gasteiger partial charge in [-0.15, -0.1) is 0 Å². The number of carbonyl (C=O) groups excluding carboxylic acids is 1. The van der Waals surface area contributed by atoms with Crippen LogP contribution >= 0.6 is 0 Å². The maximum Gasteiger partial charge on any atom is 0.339 e. The standard InChI is InChI=1S/C16H14O5/c1-2-21-15-12(16(19)20)7-8-13(18)14(15)11-5-3-10(9-17)4-6-11/h3-9,18H,2H2,1H3,(H,19,20). The van der Waals surface area contributed by atoms with Gasteiger partial charge in [0, 0.05) is 5.56 Å². The first-order chi connectivity index (χ1) is 10.1. The number of carboxylic acids is 1. The molecular weight excluding hydrogens is 272 g/mol. The maximum absolute atomic E-state index is 11.3. The quantitative estimate of drug-likeness (QED) is 0.825. The molecule has 0 bridgehead atoms. The molecule has 2 N–H and O–H groups in total. The maximum atomic E-state index is 11.3. The third-order valence-corrected chi connectivity index (χ3v) is 2.99. The van der Waals surface area contributed by atoms with Gasteiger partial charge in [0.2, 0.25) is 0 Å². The number of aromatic hydroxyl groups is 1. The molecule has 0 heterocycles. The molecule has 5 heteroatoms. The van der Waals surface area contributed by atoms with Crippen molar-refractivity contribution in [1.29, 1.82) is 0 Å². The van der Waals surface area contributed by atoms with E-state index >= 15 is 0 Å². The van der Waals surface area contributed by atoms with Crippen LogP contribution in [0, 0.1) is 0 Å². The Morgan fingerprint density at radius 1 is 1.19 bits per heavy atom. The number of phenols is 1. The minimum atomic E-state index is -1.13. The summed E-state index contributed by atoms with van der Waals surface area (Å²) in [5.41, 5.74) is 1.34. The number of carboxylic acid groups (broad SMARTS) is 1. The molecule has 0 spiro atoms. The molecule has 2 aromatic rings. The van der Waals surface area contributed by atoms with Crippen LogP contribution in [0.2, 0.25) is 0 Å². The highest BCUT2D eigenvalue weighted by molar-refractivity contribution is 5.96. The van der Waals surface area contributed by atoms with Crippen molar-refractivity contribution in [2.24, 2.45) is 0 Å². The predicted octanol–water partition coefficient (Wildman–Crippen LogP) is 2.97. The molecule has 0 saturated heterocycles. The SMILES string of the molecule is CCOc1c(C(=O)O)ccc(O)c1-c1ccc(C=O)cc1. The molecule has 0 atom stereocenters. The Morgan fingerprint density at radius 2 is 1.86 bits per heavy atom. The second-order valence-corrected chi connectivity index (χ2v) is 4.31. The van der Waals surface area contributed by atoms with E-state index in [-0.39, 0.29) is 23.7 Å². The van der Waals surface area contributed by atoms with Gasteiger partial charge in [-0.25, -0.2) is 4.79 Å². The van der Waals surface area contributed by atoms with Gasteiger partial charge in [-0.2, -0.15) is 0 Å². The van der Waals surface area contributed by atoms with Crippen LogP contribution in [0.25, 0.3) is 11.1 Å². The Labute approximate surface area is 121 Å². The third-order valence-electron chi connectivity index (χ3n) is 2.99. The van der Waals surface area contributed by atoms with E-state index in [2.05, 4.69) is 0 Å². The van der Waals surface area contributed by atoms with Crippen molar-refractivity contribution in [3.63, 3.8) is 0 Å². The summed E-state index contributed by atoms with van der Waals surface area (Å²) >= 11 is 0. The van der Waals surface area contributed by atoms with Crippen LogP contribution in [0.15, 0.2) is 36.4 Å². The largest absolute Gasteiger partial charge is 0.507 e. The third kappa shape index (κ3) is 2.86. The molecule has 0 aliphatic carbocycles. The Balaban J connectivity index is 2.66. The average molecular weight is 286 g/mol. The van der Waals surface area contributed by atoms with Crippen LogP contribution in [-0.2, 0) is 0 Å². The molecule has 0 saturated carbocycles. The molecule has 0 unspecified atom stereocenters. The molecule has 0 fully saturated rings. The highest BCUT2D eigenvalue weighted by Gasteiger charge is 2.20. The van der Waals surface area contributed by atoms with Gasteiger partial charge in [0.25, 0.3) is 0 Å². The minimum Gasteiger partial charge on any atom is -0.507 e. The van der Waals surface area contributed by atoms with Crippen LogP contribution in [-0.4, -0.2) is 29.1 Å². The van der Waals surface area contributed by atoms with Crippen molar-refractivity contribution in [3.8, 4) is 22.6 Å². The number of ether oxygens (including phenoxy) is 1. The number of aldehydes is 1. The zero-order valence-electron chi connectivity index (χ0n) is 11.4. The second kappa shape index (κ2) is 6.09. The Kier molecular flexibility index (Phi) is 4.23. The van der Waals surface area contributed by atoms with Gasteiger partial charge in [-0.3, -0.25) is 4.79 Å². The van der Waals surface area contributed by atoms with E-state index in [4.69, 9.17) is 4.74 Å². The summed E-state index contributed by atoms with van der Waals surface area (Å²) in [4.78, 5) is 22.0. The van der Waals surface area contributed by atoms with E-state index in [1.165, 1.54) is 12.1 Å². The Hall–Kier alpha value is -2.82. The molecule has 2 rings (SSSR count). The zero-order chi connectivity index (χ0) is 15.4. The van der Waals surface area contributed by atoms with Gasteiger partial charge in [-0.1, -0.05) is 24.3 Å². The monoisotopic (exact) mass is 286 g/mol. The molecule has 21 heavy (non-hydrogen) atoms. The van der Waals surface area contributed by atoms with Crippen LogP contribution in [0.1, 0.15) is 27.6 Å². The highest BCUT2D eigenvalue weighted by Crippen LogP contribution is 2.40. The van der Waals surface area contributed by atoms with Gasteiger partial charge < -0.3 is 14.9 Å². The van der Waals surface area contributed by atoms with E-state index in [0.717, 1.165) is 0 Å². The Bertz CT molecular complexity index is 674. The first-order valence-corrected chi connectivity index (χ1v) is 6.36. The van der Waals surface area contributed by atoms with Crippen LogP contribution in [0.4, 0.5) is 0 Å². The van der Waals surface area contributed by atoms with Gasteiger partial charge >= 0.3 is 5.97 Å². The minimum absolute atomic E-state index is 0.0240. The predicted molar refractivity (Wildman–Crippen MR) is 77.1 cm³/mol. The molecule has 0 aliphatic rings. The van der Waals surface area contributed by atoms with E-state index in [1.54, 1.807) is 31.2 Å². The Morgan fingerprint density at radius 3 is 2.38 bits per heavy atom. The van der Waals surface area contributed by atoms with Crippen molar-refractivity contribution in [3.05, 3.63) is 47.5 Å². The summed E-state index contributed by atoms with van der Waals surface area (Å²) in [6.45, 7) is 2.00. The molecule has 108 valence electrons. The molecule has 0 amide bonds. The van der Waals surface area contributed by atoms with E-state index < -0.39 is 5.97 Å². The number of hydrogen-bond donors (Lipinski definition) is 2. The van der Waals surface area contributed by atoms with Crippen molar-refractivity contribution < 1.29 is 24.5 Å². The van der Waals surface area contributed by atoms with E-state index in [9.17, 15) is 19.8 Å². The lowest BCUT2D eigenvalue weighted by Gasteiger charge is -2.15. The summed E-state index contributed by atoms with van der Waals surface area (Å²) in [7, 11) is 0. The van der Waals surface area contributed by atoms with Crippen LogP contribution in [0.3, 0.4) is 0 Å².